The Labute approximate surface area is 167 Å². The normalized spacial score (nSPS) is 10.3. The number of nitrogens with two attached hydrogens (primary N) is 1. The van der Waals surface area contributed by atoms with Crippen LogP contribution in [0.15, 0.2) is 36.4 Å². The average Bonchev–Trinajstić information content (AvgIpc) is 2.67. The van der Waals surface area contributed by atoms with Crippen LogP contribution in [0.5, 0.6) is 0 Å². The smallest absolute Gasteiger partial charge is 0.319 e. The number of anilines is 2. The van der Waals surface area contributed by atoms with E-state index in [2.05, 4.69) is 16.1 Å². The summed E-state index contributed by atoms with van der Waals surface area (Å²) in [5.74, 6) is -0.381. The SMILES string of the molecule is CCc1c(CONC(C)=O)ccc(NC(=O)NCc2ccc(N)cc2)c1[N+](=O)[O-]. The van der Waals surface area contributed by atoms with E-state index in [9.17, 15) is 19.7 Å². The molecule has 0 aliphatic rings. The molecule has 29 heavy (non-hydrogen) atoms. The van der Waals surface area contributed by atoms with Crippen molar-refractivity contribution < 1.29 is 19.3 Å². The van der Waals surface area contributed by atoms with Crippen LogP contribution in [0.3, 0.4) is 0 Å². The molecule has 3 amide bonds. The second-order valence-corrected chi connectivity index (χ2v) is 6.21. The highest BCUT2D eigenvalue weighted by Gasteiger charge is 2.23. The second kappa shape index (κ2) is 10.0. The fraction of sp³-hybridized carbons (Fsp3) is 0.263. The largest absolute Gasteiger partial charge is 0.399 e. The summed E-state index contributed by atoms with van der Waals surface area (Å²) in [6.07, 6.45) is 0.345. The molecule has 2 rings (SSSR count). The van der Waals surface area contributed by atoms with Gasteiger partial charge >= 0.3 is 6.03 Å². The van der Waals surface area contributed by atoms with Gasteiger partial charge in [0.25, 0.3) is 5.69 Å². The Morgan fingerprint density at radius 2 is 1.86 bits per heavy atom. The molecule has 0 fully saturated rings. The number of nitrogens with one attached hydrogen (secondary N) is 3. The third-order valence-corrected chi connectivity index (χ3v) is 4.04. The summed E-state index contributed by atoms with van der Waals surface area (Å²) < 4.78 is 0. The Kier molecular flexibility index (Phi) is 7.49. The molecule has 10 heteroatoms. The molecule has 2 aromatic rings. The van der Waals surface area contributed by atoms with Gasteiger partial charge in [0.15, 0.2) is 0 Å². The van der Waals surface area contributed by atoms with Crippen LogP contribution in [0.25, 0.3) is 0 Å². The van der Waals surface area contributed by atoms with Crippen LogP contribution in [-0.4, -0.2) is 16.9 Å². The minimum Gasteiger partial charge on any atom is -0.399 e. The number of nitrogen functional groups attached to an aromatic ring is 1. The quantitative estimate of drug-likeness (QED) is 0.303. The third-order valence-electron chi connectivity index (χ3n) is 4.04. The number of nitro benzene ring substituents is 1. The van der Waals surface area contributed by atoms with Crippen LogP contribution in [0.1, 0.15) is 30.5 Å². The maximum absolute atomic E-state index is 12.2. The Balaban J connectivity index is 2.13. The van der Waals surface area contributed by atoms with Crippen molar-refractivity contribution in [1.82, 2.24) is 10.8 Å². The van der Waals surface area contributed by atoms with E-state index in [1.807, 2.05) is 0 Å². The van der Waals surface area contributed by atoms with Gasteiger partial charge in [0, 0.05) is 24.7 Å². The Morgan fingerprint density at radius 3 is 2.45 bits per heavy atom. The van der Waals surface area contributed by atoms with Crippen molar-refractivity contribution in [2.75, 3.05) is 11.1 Å². The van der Waals surface area contributed by atoms with Crippen molar-refractivity contribution in [1.29, 1.82) is 0 Å². The molecule has 0 saturated carbocycles. The highest BCUT2D eigenvalue weighted by atomic mass is 16.7. The van der Waals surface area contributed by atoms with Crippen molar-refractivity contribution in [3.63, 3.8) is 0 Å². The van der Waals surface area contributed by atoms with Gasteiger partial charge in [0.05, 0.1) is 4.92 Å². The summed E-state index contributed by atoms with van der Waals surface area (Å²) in [6, 6.07) is 9.46. The summed E-state index contributed by atoms with van der Waals surface area (Å²) in [7, 11) is 0. The first kappa shape index (κ1) is 21.6. The van der Waals surface area contributed by atoms with E-state index in [4.69, 9.17) is 10.6 Å². The van der Waals surface area contributed by atoms with Gasteiger partial charge in [-0.3, -0.25) is 19.7 Å². The molecule has 5 N–H and O–H groups in total. The monoisotopic (exact) mass is 401 g/mol. The van der Waals surface area contributed by atoms with Crippen LogP contribution >= 0.6 is 0 Å². The van der Waals surface area contributed by atoms with Gasteiger partial charge in [0.2, 0.25) is 5.91 Å². The van der Waals surface area contributed by atoms with Gasteiger partial charge in [0.1, 0.15) is 12.3 Å². The van der Waals surface area contributed by atoms with Crippen molar-refractivity contribution in [3.05, 3.63) is 63.2 Å². The zero-order valence-corrected chi connectivity index (χ0v) is 16.2. The molecule has 10 nitrogen and oxygen atoms in total. The molecule has 0 atom stereocenters. The summed E-state index contributed by atoms with van der Waals surface area (Å²) >= 11 is 0. The number of carbonyl (C=O) groups is 2. The Hall–Kier alpha value is -3.66. The van der Waals surface area contributed by atoms with E-state index in [1.165, 1.54) is 13.0 Å². The van der Waals surface area contributed by atoms with Crippen LogP contribution in [-0.2, 0) is 29.2 Å². The zero-order chi connectivity index (χ0) is 21.4. The predicted octanol–water partition coefficient (Wildman–Crippen LogP) is 2.63. The average molecular weight is 401 g/mol. The van der Waals surface area contributed by atoms with Crippen molar-refractivity contribution in [2.45, 2.75) is 33.4 Å². The van der Waals surface area contributed by atoms with E-state index >= 15 is 0 Å². The number of hydrogen-bond acceptors (Lipinski definition) is 6. The lowest BCUT2D eigenvalue weighted by molar-refractivity contribution is -0.384. The minimum absolute atomic E-state index is 0.0345. The maximum atomic E-state index is 12.2. The Morgan fingerprint density at radius 1 is 1.17 bits per heavy atom. The minimum atomic E-state index is -0.575. The number of amides is 3. The van der Waals surface area contributed by atoms with Crippen LogP contribution < -0.4 is 21.8 Å². The lowest BCUT2D eigenvalue weighted by Gasteiger charge is -2.13. The van der Waals surface area contributed by atoms with Crippen molar-refractivity contribution in [2.24, 2.45) is 0 Å². The van der Waals surface area contributed by atoms with E-state index in [-0.39, 0.29) is 30.4 Å². The number of carbonyl (C=O) groups excluding carboxylic acids is 2. The molecule has 0 bridgehead atoms. The van der Waals surface area contributed by atoms with Crippen LogP contribution in [0.2, 0.25) is 0 Å². The molecule has 0 radical (unpaired) electrons. The number of nitro groups is 1. The first-order chi connectivity index (χ1) is 13.8. The Bertz CT molecular complexity index is 899. The fourth-order valence-corrected chi connectivity index (χ4v) is 2.72. The number of hydrogen-bond donors (Lipinski definition) is 4. The number of benzene rings is 2. The molecular formula is C19H23N5O5. The number of nitrogens with zero attached hydrogens (tertiary/aromatic N) is 1. The van der Waals surface area contributed by atoms with Gasteiger partial charge in [-0.15, -0.1) is 0 Å². The summed E-state index contributed by atoms with van der Waals surface area (Å²) in [6.45, 7) is 3.25. The summed E-state index contributed by atoms with van der Waals surface area (Å²) in [5.41, 5.74) is 10.1. The fourth-order valence-electron chi connectivity index (χ4n) is 2.72. The van der Waals surface area contributed by atoms with Crippen molar-refractivity contribution in [3.8, 4) is 0 Å². The van der Waals surface area contributed by atoms with E-state index < -0.39 is 11.0 Å². The highest BCUT2D eigenvalue weighted by Crippen LogP contribution is 2.32. The summed E-state index contributed by atoms with van der Waals surface area (Å²) in [5, 5.41) is 16.8. The van der Waals surface area contributed by atoms with Crippen LogP contribution in [0, 0.1) is 10.1 Å². The molecule has 154 valence electrons. The number of hydroxylamine groups is 1. The van der Waals surface area contributed by atoms with Crippen LogP contribution in [0.4, 0.5) is 21.9 Å². The molecular weight excluding hydrogens is 378 g/mol. The topological polar surface area (TPSA) is 149 Å². The molecule has 0 aromatic heterocycles. The van der Waals surface area contributed by atoms with Crippen molar-refractivity contribution >= 4 is 29.0 Å². The van der Waals surface area contributed by atoms with E-state index in [0.29, 0.717) is 23.2 Å². The first-order valence-electron chi connectivity index (χ1n) is 8.88. The predicted molar refractivity (Wildman–Crippen MR) is 108 cm³/mol. The van der Waals surface area contributed by atoms with Gasteiger partial charge < -0.3 is 16.4 Å². The molecule has 0 unspecified atom stereocenters. The maximum Gasteiger partial charge on any atom is 0.319 e. The first-order valence-corrected chi connectivity index (χ1v) is 8.88. The molecule has 2 aromatic carbocycles. The van der Waals surface area contributed by atoms with Gasteiger partial charge in [-0.25, -0.2) is 10.3 Å². The molecule has 0 spiro atoms. The van der Waals surface area contributed by atoms with E-state index in [1.54, 1.807) is 37.3 Å². The molecule has 0 heterocycles. The molecule has 0 aliphatic heterocycles. The molecule has 0 aliphatic carbocycles. The van der Waals surface area contributed by atoms with E-state index in [0.717, 1.165) is 5.56 Å². The zero-order valence-electron chi connectivity index (χ0n) is 16.2. The standard InChI is InChI=1S/C19H23N5O5/c1-3-16-14(11-29-23-12(2)25)6-9-17(18(16)24(27)28)22-19(26)21-10-13-4-7-15(20)8-5-13/h4-9H,3,10-11,20H2,1-2H3,(H,23,25)(H2,21,22,26). The molecule has 0 saturated heterocycles. The third kappa shape index (κ3) is 6.18. The van der Waals surface area contributed by atoms with Gasteiger partial charge in [-0.2, -0.15) is 0 Å². The lowest BCUT2D eigenvalue weighted by Crippen LogP contribution is -2.28. The number of rotatable bonds is 8. The number of urea groups is 1. The second-order valence-electron chi connectivity index (χ2n) is 6.21. The van der Waals surface area contributed by atoms with Gasteiger partial charge in [-0.1, -0.05) is 25.1 Å². The summed E-state index contributed by atoms with van der Waals surface area (Å²) in [4.78, 5) is 39.3. The lowest BCUT2D eigenvalue weighted by atomic mass is 10.0. The van der Waals surface area contributed by atoms with Gasteiger partial charge in [-0.05, 0) is 35.7 Å². The highest BCUT2D eigenvalue weighted by molar-refractivity contribution is 5.92.